The smallest absolute Gasteiger partial charge is 0.219 e. The number of benzene rings is 1. The fraction of sp³-hybridized carbons (Fsp3) is 0. The lowest BCUT2D eigenvalue weighted by molar-refractivity contribution is 0.395. The lowest BCUT2D eigenvalue weighted by Crippen LogP contribution is -1.93. The molecule has 0 aliphatic rings. The third kappa shape index (κ3) is 2.10. The van der Waals surface area contributed by atoms with Crippen LogP contribution in [0.2, 0.25) is 0 Å². The van der Waals surface area contributed by atoms with Gasteiger partial charge < -0.3 is 4.74 Å². The zero-order valence-electron chi connectivity index (χ0n) is 7.65. The van der Waals surface area contributed by atoms with Gasteiger partial charge in [0.25, 0.3) is 0 Å². The topological polar surface area (TPSA) is 22.1 Å². The standard InChI is InChI=1S/C11H7F2NO/c12-8-4-3-5-9(13)11(8)15-10-6-1-2-7-14-10/h1-7H. The predicted molar refractivity (Wildman–Crippen MR) is 50.7 cm³/mol. The monoisotopic (exact) mass is 207 g/mol. The zero-order chi connectivity index (χ0) is 10.7. The fourth-order valence-electron chi connectivity index (χ4n) is 1.09. The van der Waals surface area contributed by atoms with Crippen LogP contribution in [0.3, 0.4) is 0 Å². The van der Waals surface area contributed by atoms with E-state index < -0.39 is 17.4 Å². The Hall–Kier alpha value is -1.97. The van der Waals surface area contributed by atoms with Crippen LogP contribution in [-0.4, -0.2) is 4.98 Å². The highest BCUT2D eigenvalue weighted by Gasteiger charge is 2.10. The summed E-state index contributed by atoms with van der Waals surface area (Å²) in [5.74, 6) is -1.78. The van der Waals surface area contributed by atoms with Gasteiger partial charge in [0.15, 0.2) is 11.6 Å². The summed E-state index contributed by atoms with van der Waals surface area (Å²) in [7, 11) is 0. The van der Waals surface area contributed by atoms with Crippen LogP contribution in [0, 0.1) is 11.6 Å². The Bertz CT molecular complexity index is 439. The minimum absolute atomic E-state index is 0.154. The van der Waals surface area contributed by atoms with E-state index in [9.17, 15) is 8.78 Å². The van der Waals surface area contributed by atoms with Gasteiger partial charge in [-0.25, -0.2) is 13.8 Å². The van der Waals surface area contributed by atoms with E-state index in [1.54, 1.807) is 12.1 Å². The fourth-order valence-corrected chi connectivity index (χ4v) is 1.09. The molecule has 0 saturated carbocycles. The molecule has 0 radical (unpaired) electrons. The summed E-state index contributed by atoms with van der Waals surface area (Å²) in [4.78, 5) is 3.80. The van der Waals surface area contributed by atoms with Crippen molar-refractivity contribution >= 4 is 0 Å². The van der Waals surface area contributed by atoms with Crippen LogP contribution in [-0.2, 0) is 0 Å². The Kier molecular flexibility index (Phi) is 2.58. The van der Waals surface area contributed by atoms with Crippen molar-refractivity contribution in [1.29, 1.82) is 0 Å². The molecule has 0 aliphatic carbocycles. The second-order valence-corrected chi connectivity index (χ2v) is 2.82. The van der Waals surface area contributed by atoms with Gasteiger partial charge in [-0.15, -0.1) is 0 Å². The first-order chi connectivity index (χ1) is 7.27. The molecule has 2 rings (SSSR count). The largest absolute Gasteiger partial charge is 0.433 e. The summed E-state index contributed by atoms with van der Waals surface area (Å²) in [6, 6.07) is 8.40. The van der Waals surface area contributed by atoms with Crippen molar-refractivity contribution in [1.82, 2.24) is 4.98 Å². The van der Waals surface area contributed by atoms with Gasteiger partial charge in [-0.05, 0) is 18.2 Å². The van der Waals surface area contributed by atoms with E-state index in [1.807, 2.05) is 0 Å². The van der Waals surface area contributed by atoms with Crippen molar-refractivity contribution < 1.29 is 13.5 Å². The minimum Gasteiger partial charge on any atom is -0.433 e. The van der Waals surface area contributed by atoms with Crippen molar-refractivity contribution in [2.45, 2.75) is 0 Å². The first-order valence-electron chi connectivity index (χ1n) is 4.30. The Balaban J connectivity index is 2.32. The molecular formula is C11H7F2NO. The Morgan fingerprint density at radius 1 is 0.933 bits per heavy atom. The predicted octanol–water partition coefficient (Wildman–Crippen LogP) is 3.15. The molecule has 0 atom stereocenters. The maximum Gasteiger partial charge on any atom is 0.219 e. The van der Waals surface area contributed by atoms with Crippen LogP contribution in [0.5, 0.6) is 11.6 Å². The van der Waals surface area contributed by atoms with Gasteiger partial charge >= 0.3 is 0 Å². The molecule has 0 aliphatic heterocycles. The van der Waals surface area contributed by atoms with Gasteiger partial charge in [-0.2, -0.15) is 0 Å². The van der Waals surface area contributed by atoms with Crippen LogP contribution in [0.1, 0.15) is 0 Å². The highest BCUT2D eigenvalue weighted by Crippen LogP contribution is 2.25. The van der Waals surface area contributed by atoms with Crippen LogP contribution in [0.25, 0.3) is 0 Å². The van der Waals surface area contributed by atoms with Crippen molar-refractivity contribution in [3.8, 4) is 11.6 Å². The van der Waals surface area contributed by atoms with Crippen molar-refractivity contribution in [2.24, 2.45) is 0 Å². The second kappa shape index (κ2) is 4.04. The molecular weight excluding hydrogens is 200 g/mol. The van der Waals surface area contributed by atoms with E-state index in [0.717, 1.165) is 12.1 Å². The van der Waals surface area contributed by atoms with E-state index in [1.165, 1.54) is 18.3 Å². The number of halogens is 2. The molecule has 0 amide bonds. The number of hydrogen-bond acceptors (Lipinski definition) is 2. The van der Waals surface area contributed by atoms with Gasteiger partial charge in [-0.3, -0.25) is 0 Å². The molecule has 0 fully saturated rings. The van der Waals surface area contributed by atoms with E-state index in [4.69, 9.17) is 4.74 Å². The molecule has 0 bridgehead atoms. The lowest BCUT2D eigenvalue weighted by atomic mass is 10.3. The minimum atomic E-state index is -0.749. The van der Waals surface area contributed by atoms with Crippen LogP contribution >= 0.6 is 0 Å². The van der Waals surface area contributed by atoms with E-state index in [2.05, 4.69) is 4.98 Å². The molecule has 1 aromatic carbocycles. The lowest BCUT2D eigenvalue weighted by Gasteiger charge is -2.05. The van der Waals surface area contributed by atoms with E-state index >= 15 is 0 Å². The first kappa shape index (κ1) is 9.58. The summed E-state index contributed by atoms with van der Waals surface area (Å²) in [6.45, 7) is 0. The molecule has 0 unspecified atom stereocenters. The highest BCUT2D eigenvalue weighted by atomic mass is 19.1. The molecule has 2 nitrogen and oxygen atoms in total. The Morgan fingerprint density at radius 2 is 1.67 bits per heavy atom. The number of nitrogens with zero attached hydrogens (tertiary/aromatic N) is 1. The highest BCUT2D eigenvalue weighted by molar-refractivity contribution is 5.29. The number of ether oxygens (including phenoxy) is 1. The van der Waals surface area contributed by atoms with Gasteiger partial charge in [0.2, 0.25) is 11.6 Å². The molecule has 0 N–H and O–H groups in total. The van der Waals surface area contributed by atoms with Gasteiger partial charge in [0.05, 0.1) is 0 Å². The summed E-state index contributed by atoms with van der Waals surface area (Å²) in [5, 5.41) is 0. The Labute approximate surface area is 85.2 Å². The number of pyridine rings is 1. The normalized spacial score (nSPS) is 10.0. The number of rotatable bonds is 2. The SMILES string of the molecule is Fc1cccc(F)c1Oc1ccccn1. The molecule has 0 spiro atoms. The van der Waals surface area contributed by atoms with E-state index in [-0.39, 0.29) is 5.88 Å². The summed E-state index contributed by atoms with van der Waals surface area (Å²) >= 11 is 0. The quantitative estimate of drug-likeness (QED) is 0.754. The maximum absolute atomic E-state index is 13.1. The molecule has 76 valence electrons. The van der Waals surface area contributed by atoms with Gasteiger partial charge in [0, 0.05) is 12.3 Å². The molecule has 4 heteroatoms. The molecule has 1 aromatic heterocycles. The van der Waals surface area contributed by atoms with Crippen LogP contribution < -0.4 is 4.74 Å². The molecule has 0 saturated heterocycles. The molecule has 1 heterocycles. The summed E-state index contributed by atoms with van der Waals surface area (Å²) < 4.78 is 31.3. The third-order valence-electron chi connectivity index (χ3n) is 1.76. The average Bonchev–Trinajstić information content (AvgIpc) is 2.25. The van der Waals surface area contributed by atoms with Crippen LogP contribution in [0.4, 0.5) is 8.78 Å². The number of hydrogen-bond donors (Lipinski definition) is 0. The average molecular weight is 207 g/mol. The molecule has 2 aromatic rings. The molecule has 15 heavy (non-hydrogen) atoms. The number of para-hydroxylation sites is 1. The van der Waals surface area contributed by atoms with Crippen LogP contribution in [0.15, 0.2) is 42.6 Å². The van der Waals surface area contributed by atoms with Crippen molar-refractivity contribution in [3.63, 3.8) is 0 Å². The Morgan fingerprint density at radius 3 is 2.27 bits per heavy atom. The maximum atomic E-state index is 13.1. The van der Waals surface area contributed by atoms with Crippen molar-refractivity contribution in [2.75, 3.05) is 0 Å². The first-order valence-corrected chi connectivity index (χ1v) is 4.30. The summed E-state index contributed by atoms with van der Waals surface area (Å²) in [5.41, 5.74) is 0. The second-order valence-electron chi connectivity index (χ2n) is 2.82. The third-order valence-corrected chi connectivity index (χ3v) is 1.76. The van der Waals surface area contributed by atoms with Gasteiger partial charge in [-0.1, -0.05) is 12.1 Å². The van der Waals surface area contributed by atoms with E-state index in [0.29, 0.717) is 0 Å². The number of aromatic nitrogens is 1. The van der Waals surface area contributed by atoms with Gasteiger partial charge in [0.1, 0.15) is 0 Å². The zero-order valence-corrected chi connectivity index (χ0v) is 7.65. The van der Waals surface area contributed by atoms with Crippen molar-refractivity contribution in [3.05, 3.63) is 54.2 Å². The summed E-state index contributed by atoms with van der Waals surface area (Å²) in [6.07, 6.45) is 1.48.